The fourth-order valence-electron chi connectivity index (χ4n) is 0.789. The van der Waals surface area contributed by atoms with Crippen molar-refractivity contribution in [3.05, 3.63) is 27.7 Å². The van der Waals surface area contributed by atoms with Gasteiger partial charge in [0.05, 0.1) is 5.69 Å². The fourth-order valence-corrected chi connectivity index (χ4v) is 0.789. The Labute approximate surface area is 64.2 Å². The van der Waals surface area contributed by atoms with Gasteiger partial charge in [-0.3, -0.25) is 4.79 Å². The van der Waals surface area contributed by atoms with Gasteiger partial charge in [0.2, 0.25) is 0 Å². The SMILES string of the molecule is C#Cc1cc(N)c(=O)[nH]c1C. The maximum Gasteiger partial charge on any atom is 0.271 e. The van der Waals surface area contributed by atoms with Crippen LogP contribution >= 0.6 is 0 Å². The summed E-state index contributed by atoms with van der Waals surface area (Å²) in [6.07, 6.45) is 5.14. The predicted molar refractivity (Wildman–Crippen MR) is 44.1 cm³/mol. The topological polar surface area (TPSA) is 58.9 Å². The van der Waals surface area contributed by atoms with E-state index in [4.69, 9.17) is 12.2 Å². The summed E-state index contributed by atoms with van der Waals surface area (Å²) in [6.45, 7) is 1.73. The van der Waals surface area contributed by atoms with Crippen LogP contribution in [-0.2, 0) is 0 Å². The zero-order valence-corrected chi connectivity index (χ0v) is 6.14. The van der Waals surface area contributed by atoms with Crippen LogP contribution < -0.4 is 11.3 Å². The Morgan fingerprint density at radius 2 is 2.36 bits per heavy atom. The molecule has 0 bridgehead atoms. The van der Waals surface area contributed by atoms with E-state index in [1.807, 2.05) is 0 Å². The van der Waals surface area contributed by atoms with Crippen LogP contribution in [0.2, 0.25) is 0 Å². The summed E-state index contributed by atoms with van der Waals surface area (Å²) in [6, 6.07) is 1.49. The molecule has 11 heavy (non-hydrogen) atoms. The first-order valence-electron chi connectivity index (χ1n) is 3.11. The van der Waals surface area contributed by atoms with Crippen LogP contribution in [0.25, 0.3) is 0 Å². The van der Waals surface area contributed by atoms with Gasteiger partial charge in [-0.1, -0.05) is 5.92 Å². The molecule has 1 heterocycles. The molecule has 0 aromatic carbocycles. The number of aryl methyl sites for hydroxylation is 1. The van der Waals surface area contributed by atoms with E-state index in [-0.39, 0.29) is 11.2 Å². The van der Waals surface area contributed by atoms with Gasteiger partial charge in [0, 0.05) is 11.3 Å². The number of aromatic nitrogens is 1. The molecule has 0 aliphatic rings. The molecule has 0 saturated carbocycles. The molecule has 1 aromatic rings. The summed E-state index contributed by atoms with van der Waals surface area (Å²) >= 11 is 0. The molecule has 0 saturated heterocycles. The van der Waals surface area contributed by atoms with Crippen LogP contribution in [0.15, 0.2) is 10.9 Å². The molecular formula is C8H8N2O. The number of hydrogen-bond acceptors (Lipinski definition) is 2. The zero-order chi connectivity index (χ0) is 8.43. The van der Waals surface area contributed by atoms with Crippen molar-refractivity contribution in [3.63, 3.8) is 0 Å². The average Bonchev–Trinajstić information content (AvgIpc) is 1.97. The standard InChI is InChI=1S/C8H8N2O/c1-3-6-4-7(9)8(11)10-5(6)2/h1,4H,9H2,2H3,(H,10,11). The van der Waals surface area contributed by atoms with Crippen molar-refractivity contribution < 1.29 is 0 Å². The van der Waals surface area contributed by atoms with Gasteiger partial charge >= 0.3 is 0 Å². The van der Waals surface area contributed by atoms with Gasteiger partial charge < -0.3 is 10.7 Å². The number of aromatic amines is 1. The van der Waals surface area contributed by atoms with Gasteiger partial charge in [-0.05, 0) is 13.0 Å². The van der Waals surface area contributed by atoms with Crippen LogP contribution in [0, 0.1) is 19.3 Å². The van der Waals surface area contributed by atoms with E-state index >= 15 is 0 Å². The normalized spacial score (nSPS) is 9.09. The highest BCUT2D eigenvalue weighted by atomic mass is 16.1. The highest BCUT2D eigenvalue weighted by Gasteiger charge is 1.98. The van der Waals surface area contributed by atoms with Gasteiger partial charge in [0.25, 0.3) is 5.56 Å². The molecule has 0 amide bonds. The number of nitrogen functional groups attached to an aromatic ring is 1. The maximum atomic E-state index is 10.9. The highest BCUT2D eigenvalue weighted by Crippen LogP contribution is 2.02. The molecule has 0 spiro atoms. The molecule has 3 N–H and O–H groups in total. The largest absolute Gasteiger partial charge is 0.394 e. The number of pyridine rings is 1. The molecule has 0 aliphatic heterocycles. The zero-order valence-electron chi connectivity index (χ0n) is 6.14. The molecule has 0 aliphatic carbocycles. The van der Waals surface area contributed by atoms with Gasteiger partial charge in [-0.15, -0.1) is 6.42 Å². The van der Waals surface area contributed by atoms with E-state index in [1.54, 1.807) is 6.92 Å². The summed E-state index contributed by atoms with van der Waals surface area (Å²) in [5, 5.41) is 0. The minimum absolute atomic E-state index is 0.156. The number of nitrogens with one attached hydrogen (secondary N) is 1. The van der Waals surface area contributed by atoms with E-state index < -0.39 is 0 Å². The second-order valence-electron chi connectivity index (χ2n) is 2.24. The second-order valence-corrected chi connectivity index (χ2v) is 2.24. The van der Waals surface area contributed by atoms with Crippen LogP contribution in [0.3, 0.4) is 0 Å². The van der Waals surface area contributed by atoms with Crippen molar-refractivity contribution in [3.8, 4) is 12.3 Å². The summed E-state index contributed by atoms with van der Waals surface area (Å²) in [4.78, 5) is 13.4. The van der Waals surface area contributed by atoms with Crippen LogP contribution in [0.1, 0.15) is 11.3 Å². The minimum Gasteiger partial charge on any atom is -0.394 e. The number of nitrogens with two attached hydrogens (primary N) is 1. The third-order valence-corrected chi connectivity index (χ3v) is 1.42. The Balaban J connectivity index is 3.47. The third kappa shape index (κ3) is 1.24. The number of terminal acetylenes is 1. The number of rotatable bonds is 0. The van der Waals surface area contributed by atoms with E-state index in [2.05, 4.69) is 10.9 Å². The molecule has 3 heteroatoms. The quantitative estimate of drug-likeness (QED) is 0.518. The first-order valence-corrected chi connectivity index (χ1v) is 3.11. The minimum atomic E-state index is -0.290. The predicted octanol–water partition coefficient (Wildman–Crippen LogP) is 0.247. The van der Waals surface area contributed by atoms with Crippen molar-refractivity contribution >= 4 is 5.69 Å². The van der Waals surface area contributed by atoms with Crippen molar-refractivity contribution in [1.82, 2.24) is 4.98 Å². The van der Waals surface area contributed by atoms with Gasteiger partial charge in [0.15, 0.2) is 0 Å². The van der Waals surface area contributed by atoms with Gasteiger partial charge in [0.1, 0.15) is 0 Å². The van der Waals surface area contributed by atoms with E-state index in [9.17, 15) is 4.79 Å². The fraction of sp³-hybridized carbons (Fsp3) is 0.125. The van der Waals surface area contributed by atoms with Crippen molar-refractivity contribution in [2.45, 2.75) is 6.92 Å². The van der Waals surface area contributed by atoms with Crippen molar-refractivity contribution in [2.75, 3.05) is 5.73 Å². The summed E-state index contributed by atoms with van der Waals surface area (Å²) in [7, 11) is 0. The lowest BCUT2D eigenvalue weighted by Crippen LogP contribution is -2.13. The monoisotopic (exact) mass is 148 g/mol. The third-order valence-electron chi connectivity index (χ3n) is 1.42. The Bertz CT molecular complexity index is 371. The second kappa shape index (κ2) is 2.51. The van der Waals surface area contributed by atoms with Crippen molar-refractivity contribution in [1.29, 1.82) is 0 Å². The molecule has 1 rings (SSSR count). The Kier molecular flexibility index (Phi) is 1.69. The van der Waals surface area contributed by atoms with Crippen LogP contribution in [0.4, 0.5) is 5.69 Å². The lowest BCUT2D eigenvalue weighted by molar-refractivity contribution is 1.14. The molecule has 1 aromatic heterocycles. The summed E-state index contributed by atoms with van der Waals surface area (Å²) in [5.41, 5.74) is 6.49. The Morgan fingerprint density at radius 3 is 2.91 bits per heavy atom. The molecule has 0 atom stereocenters. The lowest BCUT2D eigenvalue weighted by atomic mass is 10.2. The van der Waals surface area contributed by atoms with Gasteiger partial charge in [-0.25, -0.2) is 0 Å². The number of anilines is 1. The lowest BCUT2D eigenvalue weighted by Gasteiger charge is -1.97. The van der Waals surface area contributed by atoms with Crippen molar-refractivity contribution in [2.24, 2.45) is 0 Å². The molecule has 0 fully saturated rings. The molecule has 0 unspecified atom stereocenters. The van der Waals surface area contributed by atoms with E-state index in [0.717, 1.165) is 0 Å². The molecule has 3 nitrogen and oxygen atoms in total. The first-order chi connectivity index (χ1) is 5.15. The Morgan fingerprint density at radius 1 is 1.73 bits per heavy atom. The van der Waals surface area contributed by atoms with Crippen LogP contribution in [0.5, 0.6) is 0 Å². The molecule has 0 radical (unpaired) electrons. The van der Waals surface area contributed by atoms with E-state index in [1.165, 1.54) is 6.07 Å². The molecular weight excluding hydrogens is 140 g/mol. The number of H-pyrrole nitrogens is 1. The first kappa shape index (κ1) is 7.42. The molecule has 56 valence electrons. The summed E-state index contributed by atoms with van der Waals surface area (Å²) in [5.74, 6) is 2.41. The summed E-state index contributed by atoms with van der Waals surface area (Å²) < 4.78 is 0. The van der Waals surface area contributed by atoms with E-state index in [0.29, 0.717) is 11.3 Å². The Hall–Kier alpha value is -1.69. The van der Waals surface area contributed by atoms with Crippen LogP contribution in [-0.4, -0.2) is 4.98 Å². The average molecular weight is 148 g/mol. The smallest absolute Gasteiger partial charge is 0.271 e. The van der Waals surface area contributed by atoms with Gasteiger partial charge in [-0.2, -0.15) is 0 Å². The number of hydrogen-bond donors (Lipinski definition) is 2. The maximum absolute atomic E-state index is 10.9. The highest BCUT2D eigenvalue weighted by molar-refractivity contribution is 5.46.